The smallest absolute Gasteiger partial charge is 0.296 e. The van der Waals surface area contributed by atoms with Crippen molar-refractivity contribution >= 4 is 32.9 Å². The van der Waals surface area contributed by atoms with Crippen LogP contribution >= 0.6 is 11.6 Å². The predicted molar refractivity (Wildman–Crippen MR) is 129 cm³/mol. The van der Waals surface area contributed by atoms with Crippen molar-refractivity contribution in [3.05, 3.63) is 59.6 Å². The number of fused-ring (bicyclic) bond motifs is 2. The molecule has 3 N–H and O–H groups in total. The predicted octanol–water partition coefficient (Wildman–Crippen LogP) is 3.10. The number of ether oxygens (including phenoxy) is 3. The molecule has 0 bridgehead atoms. The van der Waals surface area contributed by atoms with E-state index in [1.54, 1.807) is 18.2 Å². The molecule has 4 aromatic rings. The average Bonchev–Trinajstić information content (AvgIpc) is 3.55. The van der Waals surface area contributed by atoms with Gasteiger partial charge in [0.25, 0.3) is 16.1 Å². The second-order valence-corrected chi connectivity index (χ2v) is 10.5. The highest BCUT2D eigenvalue weighted by Gasteiger charge is 2.48. The molecule has 186 valence electrons. The van der Waals surface area contributed by atoms with Crippen LogP contribution in [0, 0.1) is 0 Å². The molecule has 12 heteroatoms. The van der Waals surface area contributed by atoms with E-state index in [0.717, 1.165) is 16.7 Å². The van der Waals surface area contributed by atoms with Crippen LogP contribution in [0.25, 0.3) is 33.5 Å². The number of aliphatic hydroxyl groups excluding tert-OH is 1. The summed E-state index contributed by atoms with van der Waals surface area (Å²) in [5, 5.41) is 10.3. The molecule has 2 aromatic carbocycles. The van der Waals surface area contributed by atoms with Crippen molar-refractivity contribution in [1.82, 2.24) is 15.0 Å². The fourth-order valence-electron chi connectivity index (χ4n) is 4.48. The molecular formula is C24H20ClN3O7S. The van der Waals surface area contributed by atoms with Gasteiger partial charge in [0.05, 0.1) is 34.3 Å². The van der Waals surface area contributed by atoms with E-state index in [4.69, 9.17) is 30.4 Å². The number of aromatic amines is 1. The van der Waals surface area contributed by atoms with Crippen LogP contribution in [0.5, 0.6) is 6.01 Å². The lowest BCUT2D eigenvalue weighted by Gasteiger charge is -2.15. The Morgan fingerprint density at radius 1 is 0.944 bits per heavy atom. The van der Waals surface area contributed by atoms with E-state index in [-0.39, 0.29) is 30.2 Å². The van der Waals surface area contributed by atoms with Gasteiger partial charge in [0.2, 0.25) is 0 Å². The molecule has 36 heavy (non-hydrogen) atoms. The van der Waals surface area contributed by atoms with Crippen LogP contribution in [-0.4, -0.2) is 70.7 Å². The third-order valence-corrected chi connectivity index (χ3v) is 7.45. The van der Waals surface area contributed by atoms with Crippen LogP contribution in [0.2, 0.25) is 5.02 Å². The van der Waals surface area contributed by atoms with Gasteiger partial charge in [-0.25, -0.2) is 4.98 Å². The van der Waals surface area contributed by atoms with E-state index in [1.807, 2.05) is 24.3 Å². The summed E-state index contributed by atoms with van der Waals surface area (Å²) in [6.45, 7) is 0.498. The maximum absolute atomic E-state index is 11.3. The second-order valence-electron chi connectivity index (χ2n) is 8.63. The van der Waals surface area contributed by atoms with Crippen LogP contribution < -0.4 is 4.74 Å². The molecule has 2 saturated heterocycles. The third kappa shape index (κ3) is 4.23. The fraction of sp³-hybridized carbons (Fsp3) is 0.250. The zero-order valence-electron chi connectivity index (χ0n) is 18.5. The summed E-state index contributed by atoms with van der Waals surface area (Å²) in [5.41, 5.74) is 3.99. The average molecular weight is 530 g/mol. The molecule has 4 atom stereocenters. The summed E-state index contributed by atoms with van der Waals surface area (Å²) in [7, 11) is -4.24. The normalized spacial score (nSPS) is 23.8. The number of halogens is 1. The number of benzene rings is 2. The molecule has 0 aliphatic carbocycles. The minimum absolute atomic E-state index is 0.164. The first-order valence-electron chi connectivity index (χ1n) is 11.1. The maximum Gasteiger partial charge on any atom is 0.296 e. The number of nitrogens with one attached hydrogen (secondary N) is 1. The first-order chi connectivity index (χ1) is 17.3. The largest absolute Gasteiger partial charge is 0.456 e. The van der Waals surface area contributed by atoms with Gasteiger partial charge in [0.1, 0.15) is 18.3 Å². The highest BCUT2D eigenvalue weighted by Crippen LogP contribution is 2.33. The van der Waals surface area contributed by atoms with E-state index in [1.165, 1.54) is 12.1 Å². The Bertz CT molecular complexity index is 1540. The molecule has 0 saturated carbocycles. The SMILES string of the molecule is O=S(=O)(O)c1ccc(-c2ccc(-c3nc4nc(O[C@@H]5COC6[C@H](O)CO[C@@H]65)[nH]c4cc3Cl)cc2)cc1. The van der Waals surface area contributed by atoms with Gasteiger partial charge in [0.15, 0.2) is 11.8 Å². The monoisotopic (exact) mass is 529 g/mol. The summed E-state index contributed by atoms with van der Waals surface area (Å²) in [6.07, 6.45) is -1.82. The first kappa shape index (κ1) is 23.3. The number of imidazole rings is 1. The zero-order chi connectivity index (χ0) is 25.0. The lowest BCUT2D eigenvalue weighted by atomic mass is 10.0. The van der Waals surface area contributed by atoms with Gasteiger partial charge in [0, 0.05) is 5.56 Å². The summed E-state index contributed by atoms with van der Waals surface area (Å²) in [6, 6.07) is 15.4. The lowest BCUT2D eigenvalue weighted by molar-refractivity contribution is 0.00706. The zero-order valence-corrected chi connectivity index (χ0v) is 20.1. The Balaban J connectivity index is 1.23. The molecule has 2 aliphatic heterocycles. The molecule has 1 unspecified atom stereocenters. The minimum atomic E-state index is -4.24. The Hall–Kier alpha value is -3.06. The molecule has 2 fully saturated rings. The number of pyridine rings is 1. The Morgan fingerprint density at radius 2 is 1.58 bits per heavy atom. The van der Waals surface area contributed by atoms with Gasteiger partial charge in [-0.05, 0) is 29.3 Å². The van der Waals surface area contributed by atoms with Crippen LogP contribution in [-0.2, 0) is 19.6 Å². The summed E-state index contributed by atoms with van der Waals surface area (Å²) in [4.78, 5) is 11.9. The van der Waals surface area contributed by atoms with Crippen molar-refractivity contribution in [2.45, 2.75) is 29.3 Å². The molecule has 2 aromatic heterocycles. The lowest BCUT2D eigenvalue weighted by Crippen LogP contribution is -2.34. The molecular weight excluding hydrogens is 510 g/mol. The number of aromatic nitrogens is 3. The van der Waals surface area contributed by atoms with Gasteiger partial charge in [-0.3, -0.25) is 4.55 Å². The van der Waals surface area contributed by atoms with E-state index < -0.39 is 28.4 Å². The fourth-order valence-corrected chi connectivity index (χ4v) is 5.22. The van der Waals surface area contributed by atoms with Gasteiger partial charge in [-0.15, -0.1) is 0 Å². The van der Waals surface area contributed by atoms with Crippen LogP contribution in [0.15, 0.2) is 59.5 Å². The molecule has 0 spiro atoms. The Labute approximate surface area is 210 Å². The summed E-state index contributed by atoms with van der Waals surface area (Å²) in [5.74, 6) is 0. The number of H-pyrrole nitrogens is 1. The molecule has 2 aliphatic rings. The topological polar surface area (TPSA) is 144 Å². The standard InChI is InChI=1S/C24H20ClN3O7S/c25-16-9-17-23(28-24(26-17)35-19-11-34-21-18(29)10-33-22(19)21)27-20(16)14-3-1-12(2-4-14)13-5-7-15(8-6-13)36(30,31)32/h1-9,18-19,21-22,29H,10-11H2,(H,26,27,28)(H,30,31,32)/t18-,19-,21?,22-/m1/s1. The van der Waals surface area contributed by atoms with E-state index in [9.17, 15) is 13.5 Å². The Kier molecular flexibility index (Phi) is 5.71. The quantitative estimate of drug-likeness (QED) is 0.332. The van der Waals surface area contributed by atoms with Crippen molar-refractivity contribution in [2.24, 2.45) is 0 Å². The molecule has 0 amide bonds. The van der Waals surface area contributed by atoms with E-state index in [0.29, 0.717) is 21.9 Å². The highest BCUT2D eigenvalue weighted by atomic mass is 35.5. The third-order valence-electron chi connectivity index (χ3n) is 6.29. The number of rotatable bonds is 5. The maximum atomic E-state index is 11.3. The number of hydrogen-bond donors (Lipinski definition) is 3. The minimum Gasteiger partial charge on any atom is -0.456 e. The van der Waals surface area contributed by atoms with E-state index >= 15 is 0 Å². The van der Waals surface area contributed by atoms with Crippen LogP contribution in [0.1, 0.15) is 0 Å². The Morgan fingerprint density at radius 3 is 2.28 bits per heavy atom. The second kappa shape index (κ2) is 8.80. The van der Waals surface area contributed by atoms with Gasteiger partial charge in [-0.2, -0.15) is 13.4 Å². The van der Waals surface area contributed by atoms with Crippen molar-refractivity contribution in [1.29, 1.82) is 0 Å². The number of aliphatic hydroxyl groups is 1. The van der Waals surface area contributed by atoms with Gasteiger partial charge >= 0.3 is 0 Å². The van der Waals surface area contributed by atoms with Gasteiger partial charge < -0.3 is 24.3 Å². The molecule has 0 radical (unpaired) electrons. The number of nitrogens with zero attached hydrogens (tertiary/aromatic N) is 2. The van der Waals surface area contributed by atoms with Crippen molar-refractivity contribution in [2.75, 3.05) is 13.2 Å². The van der Waals surface area contributed by atoms with Crippen LogP contribution in [0.4, 0.5) is 0 Å². The van der Waals surface area contributed by atoms with Crippen molar-refractivity contribution in [3.63, 3.8) is 0 Å². The van der Waals surface area contributed by atoms with E-state index in [2.05, 4.69) is 15.0 Å². The summed E-state index contributed by atoms with van der Waals surface area (Å²) >= 11 is 6.52. The van der Waals surface area contributed by atoms with Gasteiger partial charge in [-0.1, -0.05) is 48.0 Å². The summed E-state index contributed by atoms with van der Waals surface area (Å²) < 4.78 is 48.8. The highest BCUT2D eigenvalue weighted by molar-refractivity contribution is 7.85. The van der Waals surface area contributed by atoms with Crippen molar-refractivity contribution in [3.8, 4) is 28.4 Å². The molecule has 10 nitrogen and oxygen atoms in total. The van der Waals surface area contributed by atoms with Crippen LogP contribution in [0.3, 0.4) is 0 Å². The first-order valence-corrected chi connectivity index (χ1v) is 12.9. The van der Waals surface area contributed by atoms with Crippen molar-refractivity contribution < 1.29 is 32.3 Å². The molecule has 6 rings (SSSR count). The number of hydrogen-bond acceptors (Lipinski definition) is 8. The molecule has 4 heterocycles.